The van der Waals surface area contributed by atoms with Crippen LogP contribution in [0.1, 0.15) is 66.9 Å². The van der Waals surface area contributed by atoms with Gasteiger partial charge in [-0.05, 0) is 43.7 Å². The minimum atomic E-state index is -4.70. The Bertz CT molecular complexity index is 836. The molecule has 1 aliphatic carbocycles. The van der Waals surface area contributed by atoms with E-state index in [-0.39, 0.29) is 41.6 Å². The van der Waals surface area contributed by atoms with Crippen molar-refractivity contribution in [2.24, 2.45) is 11.8 Å². The third-order valence-electron chi connectivity index (χ3n) is 5.74. The van der Waals surface area contributed by atoms with E-state index in [1.807, 2.05) is 0 Å². The molecule has 0 spiro atoms. The highest BCUT2D eigenvalue weighted by atomic mass is 19.4. The standard InChI is InChI=1S/C20H22BF3O5/c1-11-5-4-7-12-15(20(22,23)24)10-9-14(17(12)21(28)29-19(11)27)18(26)13-6-2-3-8-16(13)25/h9-11,13,28H,2-8H2,1H3/t11-,13?/m0/s1. The average Bonchev–Trinajstić information content (AvgIpc) is 2.70. The van der Waals surface area contributed by atoms with Gasteiger partial charge in [0, 0.05) is 17.4 Å². The van der Waals surface area contributed by atoms with Gasteiger partial charge in [0.1, 0.15) is 5.78 Å². The molecule has 1 aromatic carbocycles. The molecule has 2 aliphatic rings. The Morgan fingerprint density at radius 1 is 1.14 bits per heavy atom. The SMILES string of the molecule is C[C@H]1CCCc2c(C(F)(F)F)ccc(C(=O)C3CCCCC3=O)c2B(O)OC1=O. The zero-order valence-corrected chi connectivity index (χ0v) is 16.1. The molecule has 5 nitrogen and oxygen atoms in total. The van der Waals surface area contributed by atoms with Crippen LogP contribution in [0.5, 0.6) is 0 Å². The van der Waals surface area contributed by atoms with Crippen LogP contribution >= 0.6 is 0 Å². The van der Waals surface area contributed by atoms with Gasteiger partial charge in [-0.2, -0.15) is 13.2 Å². The largest absolute Gasteiger partial charge is 0.563 e. The first kappa shape index (κ1) is 21.6. The summed E-state index contributed by atoms with van der Waals surface area (Å²) in [5.74, 6) is -3.15. The molecule has 1 unspecified atom stereocenters. The molecule has 156 valence electrons. The predicted octanol–water partition coefficient (Wildman–Crippen LogP) is 2.85. The molecule has 9 heteroatoms. The number of rotatable bonds is 2. The molecule has 1 aromatic rings. The molecule has 29 heavy (non-hydrogen) atoms. The molecular formula is C20H22BF3O5. The second-order valence-corrected chi connectivity index (χ2v) is 7.76. The van der Waals surface area contributed by atoms with Crippen LogP contribution in [-0.4, -0.2) is 29.7 Å². The van der Waals surface area contributed by atoms with E-state index >= 15 is 0 Å². The van der Waals surface area contributed by atoms with Crippen molar-refractivity contribution in [3.63, 3.8) is 0 Å². The molecule has 3 rings (SSSR count). The van der Waals surface area contributed by atoms with Gasteiger partial charge in [0.15, 0.2) is 5.78 Å². The fraction of sp³-hybridized carbons (Fsp3) is 0.550. The fourth-order valence-corrected chi connectivity index (χ4v) is 4.13. The van der Waals surface area contributed by atoms with Crippen molar-refractivity contribution in [3.8, 4) is 0 Å². The lowest BCUT2D eigenvalue weighted by Gasteiger charge is -2.24. The Morgan fingerprint density at radius 3 is 2.52 bits per heavy atom. The van der Waals surface area contributed by atoms with Crippen molar-refractivity contribution in [1.29, 1.82) is 0 Å². The van der Waals surface area contributed by atoms with Gasteiger partial charge in [0.25, 0.3) is 5.97 Å². The van der Waals surface area contributed by atoms with Crippen molar-refractivity contribution >= 4 is 30.1 Å². The fourth-order valence-electron chi connectivity index (χ4n) is 4.13. The van der Waals surface area contributed by atoms with Crippen molar-refractivity contribution in [2.75, 3.05) is 0 Å². The number of halogens is 3. The lowest BCUT2D eigenvalue weighted by molar-refractivity contribution is -0.140. The molecule has 1 saturated carbocycles. The van der Waals surface area contributed by atoms with Crippen molar-refractivity contribution in [1.82, 2.24) is 0 Å². The number of Topliss-reactive ketones (excluding diaryl/α,β-unsaturated/α-hetero) is 2. The molecule has 0 aromatic heterocycles. The number of fused-ring (bicyclic) bond motifs is 1. The molecule has 1 fully saturated rings. The van der Waals surface area contributed by atoms with E-state index < -0.39 is 42.4 Å². The minimum absolute atomic E-state index is 0.0675. The van der Waals surface area contributed by atoms with Crippen LogP contribution in [0.2, 0.25) is 0 Å². The summed E-state index contributed by atoms with van der Waals surface area (Å²) in [4.78, 5) is 37.4. The maximum atomic E-state index is 13.6. The topological polar surface area (TPSA) is 80.7 Å². The second-order valence-electron chi connectivity index (χ2n) is 7.76. The van der Waals surface area contributed by atoms with Gasteiger partial charge < -0.3 is 9.68 Å². The number of benzene rings is 1. The van der Waals surface area contributed by atoms with Crippen LogP contribution < -0.4 is 5.46 Å². The zero-order chi connectivity index (χ0) is 21.3. The Morgan fingerprint density at radius 2 is 1.86 bits per heavy atom. The Hall–Kier alpha value is -2.16. The Balaban J connectivity index is 2.15. The monoisotopic (exact) mass is 410 g/mol. The van der Waals surface area contributed by atoms with Crippen LogP contribution in [0.3, 0.4) is 0 Å². The van der Waals surface area contributed by atoms with Gasteiger partial charge in [-0.1, -0.05) is 19.4 Å². The number of carbonyl (C=O) groups is 3. The Labute approximate surface area is 166 Å². The lowest BCUT2D eigenvalue weighted by atomic mass is 9.68. The summed E-state index contributed by atoms with van der Waals surface area (Å²) in [7, 11) is -2.00. The quantitative estimate of drug-likeness (QED) is 0.461. The molecule has 0 bridgehead atoms. The molecule has 1 heterocycles. The summed E-state index contributed by atoms with van der Waals surface area (Å²) in [6.45, 7) is 1.57. The summed E-state index contributed by atoms with van der Waals surface area (Å²) in [6, 6.07) is 1.81. The lowest BCUT2D eigenvalue weighted by Crippen LogP contribution is -2.44. The normalized spacial score (nSPS) is 23.6. The number of hydrogen-bond acceptors (Lipinski definition) is 5. The Kier molecular flexibility index (Phi) is 6.17. The highest BCUT2D eigenvalue weighted by molar-refractivity contribution is 6.64. The smallest absolute Gasteiger partial charge is 0.506 e. The molecule has 1 aliphatic heterocycles. The highest BCUT2D eigenvalue weighted by Gasteiger charge is 2.42. The van der Waals surface area contributed by atoms with Crippen molar-refractivity contribution < 1.29 is 37.2 Å². The number of alkyl halides is 3. The summed E-state index contributed by atoms with van der Waals surface area (Å²) in [5, 5.41) is 10.5. The van der Waals surface area contributed by atoms with Crippen LogP contribution in [0.25, 0.3) is 0 Å². The van der Waals surface area contributed by atoms with Gasteiger partial charge in [0.2, 0.25) is 0 Å². The minimum Gasteiger partial charge on any atom is -0.506 e. The summed E-state index contributed by atoms with van der Waals surface area (Å²) < 4.78 is 45.8. The second kappa shape index (κ2) is 8.30. The van der Waals surface area contributed by atoms with Gasteiger partial charge in [-0.3, -0.25) is 14.4 Å². The van der Waals surface area contributed by atoms with E-state index in [4.69, 9.17) is 4.65 Å². The van der Waals surface area contributed by atoms with E-state index in [9.17, 15) is 32.6 Å². The first-order valence-corrected chi connectivity index (χ1v) is 9.79. The van der Waals surface area contributed by atoms with Crippen LogP contribution in [0.4, 0.5) is 13.2 Å². The molecular weight excluding hydrogens is 388 g/mol. The highest BCUT2D eigenvalue weighted by Crippen LogP contribution is 2.34. The summed E-state index contributed by atoms with van der Waals surface area (Å²) in [6.07, 6.45) is -2.31. The van der Waals surface area contributed by atoms with Crippen LogP contribution in [0.15, 0.2) is 12.1 Å². The molecule has 1 N–H and O–H groups in total. The molecule has 2 atom stereocenters. The molecule has 0 amide bonds. The number of carbonyl (C=O) groups excluding carboxylic acids is 3. The predicted molar refractivity (Wildman–Crippen MR) is 98.5 cm³/mol. The third-order valence-corrected chi connectivity index (χ3v) is 5.74. The van der Waals surface area contributed by atoms with Crippen molar-refractivity contribution in [3.05, 3.63) is 28.8 Å². The van der Waals surface area contributed by atoms with Gasteiger partial charge in [0.05, 0.1) is 17.4 Å². The summed E-state index contributed by atoms with van der Waals surface area (Å²) >= 11 is 0. The van der Waals surface area contributed by atoms with Crippen molar-refractivity contribution in [2.45, 2.75) is 58.0 Å². The molecule has 0 radical (unpaired) electrons. The van der Waals surface area contributed by atoms with E-state index in [1.165, 1.54) is 0 Å². The number of hydrogen-bond donors (Lipinski definition) is 1. The van der Waals surface area contributed by atoms with Gasteiger partial charge in [-0.25, -0.2) is 0 Å². The van der Waals surface area contributed by atoms with Gasteiger partial charge in [-0.15, -0.1) is 0 Å². The molecule has 0 saturated heterocycles. The third kappa shape index (κ3) is 4.39. The first-order chi connectivity index (χ1) is 13.6. The maximum Gasteiger partial charge on any atom is 0.563 e. The van der Waals surface area contributed by atoms with E-state index in [1.54, 1.807) is 6.92 Å². The summed E-state index contributed by atoms with van der Waals surface area (Å²) in [5.41, 5.74) is -1.74. The van der Waals surface area contributed by atoms with E-state index in [2.05, 4.69) is 0 Å². The average molecular weight is 410 g/mol. The van der Waals surface area contributed by atoms with E-state index in [0.717, 1.165) is 12.1 Å². The van der Waals surface area contributed by atoms with E-state index in [0.29, 0.717) is 25.7 Å². The first-order valence-electron chi connectivity index (χ1n) is 9.79. The van der Waals surface area contributed by atoms with Crippen LogP contribution in [0, 0.1) is 11.8 Å². The zero-order valence-electron chi connectivity index (χ0n) is 16.1. The van der Waals surface area contributed by atoms with Gasteiger partial charge >= 0.3 is 13.3 Å². The number of ketones is 2. The maximum absolute atomic E-state index is 13.6. The van der Waals surface area contributed by atoms with Crippen LogP contribution in [-0.2, 0) is 26.8 Å².